The lowest BCUT2D eigenvalue weighted by molar-refractivity contribution is 0.0524. The number of hydrogen-bond donors (Lipinski definition) is 1. The number of ether oxygens (including phenoxy) is 1. The monoisotopic (exact) mass is 358 g/mol. The molecule has 0 aliphatic carbocycles. The van der Waals surface area contributed by atoms with Gasteiger partial charge in [0.15, 0.2) is 0 Å². The van der Waals surface area contributed by atoms with Crippen LogP contribution in [0, 0.1) is 11.6 Å². The standard InChI is InChI=1S/C21H24F2N2O/c22-17-5-1-15(2-6-17)21(16-3-7-18(23)8-4-16)26-12-11-25-13-19-9-10-20(14-25)24-19/h1-8,19-21,24H,9-14H2/t19-,20+. The van der Waals surface area contributed by atoms with E-state index < -0.39 is 0 Å². The fourth-order valence-electron chi connectivity index (χ4n) is 4.03. The van der Waals surface area contributed by atoms with Gasteiger partial charge in [-0.3, -0.25) is 4.90 Å². The van der Waals surface area contributed by atoms with E-state index in [0.29, 0.717) is 18.7 Å². The Kier molecular flexibility index (Phi) is 5.29. The first-order valence-corrected chi connectivity index (χ1v) is 9.28. The minimum atomic E-state index is -0.323. The number of rotatable bonds is 6. The predicted molar refractivity (Wildman–Crippen MR) is 97.0 cm³/mol. The van der Waals surface area contributed by atoms with Crippen LogP contribution in [0.2, 0.25) is 0 Å². The summed E-state index contributed by atoms with van der Waals surface area (Å²) in [4.78, 5) is 2.45. The lowest BCUT2D eigenvalue weighted by atomic mass is 10.0. The van der Waals surface area contributed by atoms with Gasteiger partial charge < -0.3 is 10.1 Å². The van der Waals surface area contributed by atoms with Gasteiger partial charge in [-0.05, 0) is 48.2 Å². The molecule has 2 aromatic rings. The quantitative estimate of drug-likeness (QED) is 0.855. The number of benzene rings is 2. The zero-order chi connectivity index (χ0) is 17.9. The zero-order valence-electron chi connectivity index (χ0n) is 14.7. The Morgan fingerprint density at radius 2 is 1.38 bits per heavy atom. The molecular weight excluding hydrogens is 334 g/mol. The third-order valence-corrected chi connectivity index (χ3v) is 5.33. The number of nitrogens with zero attached hydrogens (tertiary/aromatic N) is 1. The van der Waals surface area contributed by atoms with E-state index in [1.807, 2.05) is 0 Å². The van der Waals surface area contributed by atoms with Gasteiger partial charge in [-0.2, -0.15) is 0 Å². The maximum Gasteiger partial charge on any atom is 0.123 e. The SMILES string of the molecule is Fc1ccc(C(OCCN2C[C@H]3CC[C@@H](C2)N3)c2ccc(F)cc2)cc1. The van der Waals surface area contributed by atoms with Crippen LogP contribution >= 0.6 is 0 Å². The van der Waals surface area contributed by atoms with Gasteiger partial charge in [-0.25, -0.2) is 8.78 Å². The van der Waals surface area contributed by atoms with E-state index in [9.17, 15) is 8.78 Å². The van der Waals surface area contributed by atoms with Gasteiger partial charge in [-0.1, -0.05) is 24.3 Å². The molecule has 2 aliphatic rings. The van der Waals surface area contributed by atoms with E-state index in [0.717, 1.165) is 30.8 Å². The molecule has 2 heterocycles. The molecule has 0 aromatic heterocycles. The van der Waals surface area contributed by atoms with Crippen molar-refractivity contribution in [1.82, 2.24) is 10.2 Å². The summed E-state index contributed by atoms with van der Waals surface area (Å²) in [6, 6.07) is 13.9. The van der Waals surface area contributed by atoms with Gasteiger partial charge in [0.25, 0.3) is 0 Å². The van der Waals surface area contributed by atoms with Crippen LogP contribution in [0.4, 0.5) is 8.78 Å². The van der Waals surface area contributed by atoms with Crippen molar-refractivity contribution in [1.29, 1.82) is 0 Å². The first-order valence-electron chi connectivity index (χ1n) is 9.28. The number of piperazine rings is 1. The van der Waals surface area contributed by atoms with E-state index in [-0.39, 0.29) is 17.7 Å². The third-order valence-electron chi connectivity index (χ3n) is 5.33. The second kappa shape index (κ2) is 7.82. The number of likely N-dealkylation sites (tertiary alicyclic amines) is 1. The average Bonchev–Trinajstić information content (AvgIpc) is 2.99. The molecule has 2 saturated heterocycles. The molecule has 0 amide bonds. The van der Waals surface area contributed by atoms with Gasteiger partial charge in [-0.15, -0.1) is 0 Å². The second-order valence-electron chi connectivity index (χ2n) is 7.25. The average molecular weight is 358 g/mol. The Morgan fingerprint density at radius 3 is 1.88 bits per heavy atom. The van der Waals surface area contributed by atoms with Crippen LogP contribution in [0.3, 0.4) is 0 Å². The summed E-state index contributed by atoms with van der Waals surface area (Å²) in [6.07, 6.45) is 2.20. The van der Waals surface area contributed by atoms with Crippen molar-refractivity contribution in [3.8, 4) is 0 Å². The van der Waals surface area contributed by atoms with Crippen LogP contribution in [0.25, 0.3) is 0 Å². The molecule has 26 heavy (non-hydrogen) atoms. The Balaban J connectivity index is 1.42. The first kappa shape index (κ1) is 17.6. The highest BCUT2D eigenvalue weighted by Gasteiger charge is 2.31. The molecule has 2 aliphatic heterocycles. The molecule has 0 radical (unpaired) electrons. The van der Waals surface area contributed by atoms with Crippen LogP contribution in [-0.4, -0.2) is 43.2 Å². The first-order chi connectivity index (χ1) is 12.7. The van der Waals surface area contributed by atoms with E-state index in [2.05, 4.69) is 10.2 Å². The number of hydrogen-bond acceptors (Lipinski definition) is 3. The summed E-state index contributed by atoms with van der Waals surface area (Å²) in [5.74, 6) is -0.550. The lowest BCUT2D eigenvalue weighted by Gasteiger charge is -2.33. The van der Waals surface area contributed by atoms with E-state index in [1.54, 1.807) is 24.3 Å². The molecule has 0 unspecified atom stereocenters. The highest BCUT2D eigenvalue weighted by atomic mass is 19.1. The zero-order valence-corrected chi connectivity index (χ0v) is 14.7. The number of nitrogens with one attached hydrogen (secondary N) is 1. The summed E-state index contributed by atoms with van der Waals surface area (Å²) < 4.78 is 32.7. The largest absolute Gasteiger partial charge is 0.367 e. The molecule has 4 rings (SSSR count). The van der Waals surface area contributed by atoms with E-state index >= 15 is 0 Å². The van der Waals surface area contributed by atoms with Crippen LogP contribution in [0.1, 0.15) is 30.1 Å². The van der Waals surface area contributed by atoms with Gasteiger partial charge in [0.05, 0.1) is 6.61 Å². The van der Waals surface area contributed by atoms with Crippen LogP contribution in [-0.2, 0) is 4.74 Å². The summed E-state index contributed by atoms with van der Waals surface area (Å²) in [5, 5.41) is 3.63. The van der Waals surface area contributed by atoms with Crippen molar-refractivity contribution in [3.63, 3.8) is 0 Å². The van der Waals surface area contributed by atoms with E-state index in [1.165, 1.54) is 37.1 Å². The van der Waals surface area contributed by atoms with Crippen molar-refractivity contribution < 1.29 is 13.5 Å². The molecular formula is C21H24F2N2O. The predicted octanol–water partition coefficient (Wildman–Crippen LogP) is 3.51. The molecule has 2 aromatic carbocycles. The van der Waals surface area contributed by atoms with Crippen molar-refractivity contribution in [2.45, 2.75) is 31.0 Å². The van der Waals surface area contributed by atoms with Crippen molar-refractivity contribution in [2.75, 3.05) is 26.2 Å². The summed E-state index contributed by atoms with van der Waals surface area (Å²) >= 11 is 0. The maximum atomic E-state index is 13.3. The van der Waals surface area contributed by atoms with Crippen LogP contribution in [0.5, 0.6) is 0 Å². The molecule has 5 heteroatoms. The van der Waals surface area contributed by atoms with Gasteiger partial charge in [0.1, 0.15) is 17.7 Å². The molecule has 1 N–H and O–H groups in total. The molecule has 0 saturated carbocycles. The Labute approximate surface area is 153 Å². The Hall–Kier alpha value is -1.82. The summed E-state index contributed by atoms with van der Waals surface area (Å²) in [7, 11) is 0. The molecule has 3 nitrogen and oxygen atoms in total. The third kappa shape index (κ3) is 4.11. The van der Waals surface area contributed by atoms with Crippen molar-refractivity contribution in [2.24, 2.45) is 0 Å². The van der Waals surface area contributed by atoms with E-state index in [4.69, 9.17) is 4.74 Å². The molecule has 2 atom stereocenters. The summed E-state index contributed by atoms with van der Waals surface area (Å²) in [5.41, 5.74) is 1.75. The van der Waals surface area contributed by atoms with Gasteiger partial charge >= 0.3 is 0 Å². The fraction of sp³-hybridized carbons (Fsp3) is 0.429. The summed E-state index contributed by atoms with van der Waals surface area (Å²) in [6.45, 7) is 3.58. The van der Waals surface area contributed by atoms with Crippen LogP contribution in [0.15, 0.2) is 48.5 Å². The highest BCUT2D eigenvalue weighted by Crippen LogP contribution is 2.27. The minimum Gasteiger partial charge on any atom is -0.367 e. The topological polar surface area (TPSA) is 24.5 Å². The van der Waals surface area contributed by atoms with Gasteiger partial charge in [0, 0.05) is 31.7 Å². The maximum absolute atomic E-state index is 13.3. The van der Waals surface area contributed by atoms with Crippen molar-refractivity contribution >= 4 is 0 Å². The van der Waals surface area contributed by atoms with Gasteiger partial charge in [0.2, 0.25) is 0 Å². The highest BCUT2D eigenvalue weighted by molar-refractivity contribution is 5.30. The second-order valence-corrected chi connectivity index (χ2v) is 7.25. The van der Waals surface area contributed by atoms with Crippen molar-refractivity contribution in [3.05, 3.63) is 71.3 Å². The molecule has 138 valence electrons. The molecule has 2 fully saturated rings. The number of fused-ring (bicyclic) bond motifs is 2. The lowest BCUT2D eigenvalue weighted by Crippen LogP contribution is -2.51. The molecule has 2 bridgehead atoms. The fourth-order valence-corrected chi connectivity index (χ4v) is 4.03. The number of halogens is 2. The Bertz CT molecular complexity index is 662. The smallest absolute Gasteiger partial charge is 0.123 e. The van der Waals surface area contributed by atoms with Crippen LogP contribution < -0.4 is 5.32 Å². The molecule has 0 spiro atoms. The Morgan fingerprint density at radius 1 is 0.885 bits per heavy atom. The normalized spacial score (nSPS) is 22.9. The minimum absolute atomic E-state index is 0.275.